The largest absolute Gasteiger partial charge is 0.480 e. The molecule has 1 aliphatic rings. The summed E-state index contributed by atoms with van der Waals surface area (Å²) in [7, 11) is 0. The third-order valence-electron chi connectivity index (χ3n) is 2.84. The van der Waals surface area contributed by atoms with Gasteiger partial charge in [0.25, 0.3) is 0 Å². The van der Waals surface area contributed by atoms with Gasteiger partial charge in [0.2, 0.25) is 0 Å². The fourth-order valence-electron chi connectivity index (χ4n) is 2.27. The molecule has 0 aromatic carbocycles. The van der Waals surface area contributed by atoms with E-state index in [0.717, 1.165) is 0 Å². The highest BCUT2D eigenvalue weighted by molar-refractivity contribution is 5.73. The molecule has 16 heavy (non-hydrogen) atoms. The average molecular weight is 231 g/mol. The monoisotopic (exact) mass is 231 g/mol. The van der Waals surface area contributed by atoms with Crippen molar-refractivity contribution < 1.29 is 19.7 Å². The molecule has 2 N–H and O–H groups in total. The van der Waals surface area contributed by atoms with Gasteiger partial charge in [0, 0.05) is 13.1 Å². The van der Waals surface area contributed by atoms with Gasteiger partial charge in [-0.25, -0.2) is 0 Å². The summed E-state index contributed by atoms with van der Waals surface area (Å²) in [5.74, 6) is -0.761. The standard InChI is InChI=1S/C11H21NO4/c1-7(2)10(11(14)15)12-4-8(3)16-9(5-12)6-13/h7-10,13H,4-6H2,1-3H3,(H,14,15). The Labute approximate surface area is 96.0 Å². The maximum absolute atomic E-state index is 11.2. The molecule has 1 fully saturated rings. The molecule has 0 amide bonds. The van der Waals surface area contributed by atoms with Gasteiger partial charge in [0.05, 0.1) is 18.8 Å². The fourth-order valence-corrected chi connectivity index (χ4v) is 2.27. The summed E-state index contributed by atoms with van der Waals surface area (Å²) in [5, 5.41) is 18.3. The molecule has 0 aliphatic carbocycles. The molecule has 5 heteroatoms. The molecule has 0 aromatic heterocycles. The summed E-state index contributed by atoms with van der Waals surface area (Å²) >= 11 is 0. The zero-order valence-electron chi connectivity index (χ0n) is 10.1. The van der Waals surface area contributed by atoms with Crippen LogP contribution in [0.1, 0.15) is 20.8 Å². The van der Waals surface area contributed by atoms with Crippen LogP contribution in [0, 0.1) is 5.92 Å². The lowest BCUT2D eigenvalue weighted by atomic mass is 10.0. The number of hydrogen-bond acceptors (Lipinski definition) is 4. The molecule has 94 valence electrons. The van der Waals surface area contributed by atoms with Crippen LogP contribution in [0.3, 0.4) is 0 Å². The van der Waals surface area contributed by atoms with Crippen molar-refractivity contribution in [3.63, 3.8) is 0 Å². The van der Waals surface area contributed by atoms with Crippen LogP contribution >= 0.6 is 0 Å². The van der Waals surface area contributed by atoms with Gasteiger partial charge in [-0.3, -0.25) is 9.69 Å². The first-order valence-electron chi connectivity index (χ1n) is 5.68. The SMILES string of the molecule is CC1CN(C(C(=O)O)C(C)C)CC(CO)O1. The predicted octanol–water partition coefficient (Wildman–Crippen LogP) is 0.177. The lowest BCUT2D eigenvalue weighted by Crippen LogP contribution is -2.55. The second kappa shape index (κ2) is 5.61. The van der Waals surface area contributed by atoms with Crippen LogP contribution in [0.4, 0.5) is 0 Å². The van der Waals surface area contributed by atoms with Crippen molar-refractivity contribution in [3.8, 4) is 0 Å². The number of aliphatic hydroxyl groups is 1. The summed E-state index contributed by atoms with van der Waals surface area (Å²) in [6.45, 7) is 6.71. The Morgan fingerprint density at radius 1 is 1.50 bits per heavy atom. The van der Waals surface area contributed by atoms with Crippen LogP contribution in [-0.4, -0.2) is 59.0 Å². The summed E-state index contributed by atoms with van der Waals surface area (Å²) in [5.41, 5.74) is 0. The Kier molecular flexibility index (Phi) is 4.70. The van der Waals surface area contributed by atoms with Gasteiger partial charge in [0.15, 0.2) is 0 Å². The Balaban J connectivity index is 2.72. The van der Waals surface area contributed by atoms with E-state index in [-0.39, 0.29) is 24.7 Å². The molecule has 1 aliphatic heterocycles. The van der Waals surface area contributed by atoms with Crippen molar-refractivity contribution in [2.45, 2.75) is 39.0 Å². The van der Waals surface area contributed by atoms with Gasteiger partial charge < -0.3 is 14.9 Å². The number of carboxylic acid groups (broad SMARTS) is 1. The number of aliphatic carboxylic acids is 1. The molecule has 0 radical (unpaired) electrons. The van der Waals surface area contributed by atoms with Gasteiger partial charge in [-0.2, -0.15) is 0 Å². The van der Waals surface area contributed by atoms with Crippen molar-refractivity contribution in [2.24, 2.45) is 5.92 Å². The highest BCUT2D eigenvalue weighted by atomic mass is 16.5. The minimum absolute atomic E-state index is 0.0356. The van der Waals surface area contributed by atoms with E-state index in [4.69, 9.17) is 9.84 Å². The van der Waals surface area contributed by atoms with E-state index in [2.05, 4.69) is 0 Å². The maximum Gasteiger partial charge on any atom is 0.321 e. The lowest BCUT2D eigenvalue weighted by molar-refractivity contribution is -0.154. The van der Waals surface area contributed by atoms with Gasteiger partial charge >= 0.3 is 5.97 Å². The Morgan fingerprint density at radius 2 is 2.12 bits per heavy atom. The molecule has 1 saturated heterocycles. The first-order chi connectivity index (χ1) is 7.45. The topological polar surface area (TPSA) is 70.0 Å². The molecule has 0 saturated carbocycles. The number of carboxylic acids is 1. The van der Waals surface area contributed by atoms with Gasteiger partial charge in [-0.05, 0) is 12.8 Å². The van der Waals surface area contributed by atoms with Crippen molar-refractivity contribution in [2.75, 3.05) is 19.7 Å². The Bertz CT molecular complexity index is 244. The van der Waals surface area contributed by atoms with E-state index < -0.39 is 12.0 Å². The van der Waals surface area contributed by atoms with Crippen molar-refractivity contribution in [1.29, 1.82) is 0 Å². The minimum atomic E-state index is -0.805. The number of aliphatic hydroxyl groups excluding tert-OH is 1. The number of morpholine rings is 1. The second-order valence-corrected chi connectivity index (χ2v) is 4.73. The van der Waals surface area contributed by atoms with Gasteiger partial charge in [0.1, 0.15) is 6.04 Å². The zero-order chi connectivity index (χ0) is 12.3. The van der Waals surface area contributed by atoms with Crippen LogP contribution in [0.25, 0.3) is 0 Å². The molecule has 0 bridgehead atoms. The van der Waals surface area contributed by atoms with Crippen molar-refractivity contribution in [3.05, 3.63) is 0 Å². The van der Waals surface area contributed by atoms with E-state index in [9.17, 15) is 9.90 Å². The van der Waals surface area contributed by atoms with Crippen LogP contribution in [-0.2, 0) is 9.53 Å². The lowest BCUT2D eigenvalue weighted by Gasteiger charge is -2.40. The number of carbonyl (C=O) groups is 1. The molecule has 1 heterocycles. The van der Waals surface area contributed by atoms with Gasteiger partial charge in [-0.15, -0.1) is 0 Å². The summed E-state index contributed by atoms with van der Waals surface area (Å²) in [4.78, 5) is 13.1. The number of rotatable bonds is 4. The van der Waals surface area contributed by atoms with E-state index in [1.165, 1.54) is 0 Å². The molecule has 3 unspecified atom stereocenters. The van der Waals surface area contributed by atoms with E-state index >= 15 is 0 Å². The Morgan fingerprint density at radius 3 is 2.56 bits per heavy atom. The smallest absolute Gasteiger partial charge is 0.321 e. The van der Waals surface area contributed by atoms with Gasteiger partial charge in [-0.1, -0.05) is 13.8 Å². The van der Waals surface area contributed by atoms with E-state index in [1.807, 2.05) is 25.7 Å². The van der Waals surface area contributed by atoms with Crippen LogP contribution in [0.5, 0.6) is 0 Å². The van der Waals surface area contributed by atoms with Crippen LogP contribution < -0.4 is 0 Å². The average Bonchev–Trinajstić information content (AvgIpc) is 2.15. The van der Waals surface area contributed by atoms with Crippen molar-refractivity contribution >= 4 is 5.97 Å². The second-order valence-electron chi connectivity index (χ2n) is 4.73. The van der Waals surface area contributed by atoms with Crippen molar-refractivity contribution in [1.82, 2.24) is 4.90 Å². The zero-order valence-corrected chi connectivity index (χ0v) is 10.1. The third-order valence-corrected chi connectivity index (χ3v) is 2.84. The highest BCUT2D eigenvalue weighted by Gasteiger charge is 2.34. The molecule has 0 aromatic rings. The summed E-state index contributed by atoms with van der Waals surface area (Å²) in [6.07, 6.45) is -0.309. The molecule has 3 atom stereocenters. The van der Waals surface area contributed by atoms with E-state index in [0.29, 0.717) is 13.1 Å². The maximum atomic E-state index is 11.2. The first-order valence-corrected chi connectivity index (χ1v) is 5.68. The fraction of sp³-hybridized carbons (Fsp3) is 0.909. The van der Waals surface area contributed by atoms with Crippen LogP contribution in [0.2, 0.25) is 0 Å². The third kappa shape index (κ3) is 3.17. The molecular weight excluding hydrogens is 210 g/mol. The number of ether oxygens (including phenoxy) is 1. The molecular formula is C11H21NO4. The summed E-state index contributed by atoms with van der Waals surface area (Å²) in [6, 6.07) is -0.500. The molecule has 1 rings (SSSR count). The van der Waals surface area contributed by atoms with Crippen LogP contribution in [0.15, 0.2) is 0 Å². The number of hydrogen-bond donors (Lipinski definition) is 2. The molecule has 0 spiro atoms. The quantitative estimate of drug-likeness (QED) is 0.722. The van der Waals surface area contributed by atoms with E-state index in [1.54, 1.807) is 0 Å². The molecule has 5 nitrogen and oxygen atoms in total. The first kappa shape index (κ1) is 13.4. The Hall–Kier alpha value is -0.650. The highest BCUT2D eigenvalue weighted by Crippen LogP contribution is 2.18. The summed E-state index contributed by atoms with van der Waals surface area (Å²) < 4.78 is 5.49. The normalized spacial score (nSPS) is 29.3. The predicted molar refractivity (Wildman–Crippen MR) is 59.3 cm³/mol. The minimum Gasteiger partial charge on any atom is -0.480 e. The number of nitrogens with zero attached hydrogens (tertiary/aromatic N) is 1.